The first kappa shape index (κ1) is 19.8. The Kier molecular flexibility index (Phi) is 5.89. The molecule has 6 nitrogen and oxygen atoms in total. The number of para-hydroxylation sites is 1. The van der Waals surface area contributed by atoms with Crippen LogP contribution >= 0.6 is 15.9 Å². The topological polar surface area (TPSA) is 73.2 Å². The van der Waals surface area contributed by atoms with Crippen LogP contribution in [0.15, 0.2) is 59.2 Å². The van der Waals surface area contributed by atoms with Gasteiger partial charge in [-0.25, -0.2) is 13.9 Å². The molecule has 1 unspecified atom stereocenters. The molecule has 0 saturated carbocycles. The summed E-state index contributed by atoms with van der Waals surface area (Å²) < 4.78 is 21.1. The predicted molar refractivity (Wildman–Crippen MR) is 105 cm³/mol. The Balaban J connectivity index is 1.90. The Morgan fingerprint density at radius 3 is 2.50 bits per heavy atom. The smallest absolute Gasteiger partial charge is 0.333 e. The lowest BCUT2D eigenvalue weighted by molar-refractivity contribution is -0.143. The molecule has 0 aliphatic rings. The van der Waals surface area contributed by atoms with Gasteiger partial charge in [0, 0.05) is 4.47 Å². The molecule has 1 amide bonds. The lowest BCUT2D eigenvalue weighted by atomic mass is 10.1. The minimum atomic E-state index is -0.984. The van der Waals surface area contributed by atoms with Gasteiger partial charge in [-0.05, 0) is 36.8 Å². The summed E-state index contributed by atoms with van der Waals surface area (Å²) in [7, 11) is 1.25. The van der Waals surface area contributed by atoms with Crippen LogP contribution in [-0.2, 0) is 9.53 Å². The number of carbonyl (C=O) groups is 2. The molecule has 144 valence electrons. The average Bonchev–Trinajstić information content (AvgIpc) is 3.08. The highest BCUT2D eigenvalue weighted by Crippen LogP contribution is 2.21. The summed E-state index contributed by atoms with van der Waals surface area (Å²) in [5.41, 5.74) is 1.48. The van der Waals surface area contributed by atoms with E-state index in [0.717, 1.165) is 4.47 Å². The normalized spacial score (nSPS) is 11.7. The first-order chi connectivity index (χ1) is 13.4. The maximum Gasteiger partial charge on any atom is 0.333 e. The summed E-state index contributed by atoms with van der Waals surface area (Å²) in [6.07, 6.45) is 1.34. The molecular formula is C20H17BrFN3O3. The van der Waals surface area contributed by atoms with Gasteiger partial charge in [-0.2, -0.15) is 5.10 Å². The van der Waals surface area contributed by atoms with Crippen LogP contribution in [0.5, 0.6) is 0 Å². The van der Waals surface area contributed by atoms with E-state index in [0.29, 0.717) is 11.3 Å². The zero-order valence-corrected chi connectivity index (χ0v) is 16.7. The molecule has 0 fully saturated rings. The van der Waals surface area contributed by atoms with Crippen molar-refractivity contribution >= 4 is 27.8 Å². The first-order valence-electron chi connectivity index (χ1n) is 8.36. The van der Waals surface area contributed by atoms with Gasteiger partial charge in [-0.3, -0.25) is 4.79 Å². The molecule has 1 N–H and O–H groups in total. The molecule has 0 radical (unpaired) electrons. The highest BCUT2D eigenvalue weighted by molar-refractivity contribution is 9.10. The zero-order valence-electron chi connectivity index (χ0n) is 15.1. The Morgan fingerprint density at radius 1 is 1.18 bits per heavy atom. The van der Waals surface area contributed by atoms with Crippen molar-refractivity contribution < 1.29 is 18.7 Å². The number of nitrogens with zero attached hydrogens (tertiary/aromatic N) is 2. The highest BCUT2D eigenvalue weighted by atomic mass is 79.9. The van der Waals surface area contributed by atoms with E-state index in [1.54, 1.807) is 49.4 Å². The quantitative estimate of drug-likeness (QED) is 0.607. The number of nitrogens with one attached hydrogen (secondary N) is 1. The molecule has 2 aromatic carbocycles. The van der Waals surface area contributed by atoms with Gasteiger partial charge in [0.05, 0.1) is 24.6 Å². The number of ether oxygens (including phenoxy) is 1. The van der Waals surface area contributed by atoms with Crippen LogP contribution in [0, 0.1) is 12.7 Å². The molecule has 0 saturated heterocycles. The molecule has 1 atom stereocenters. The van der Waals surface area contributed by atoms with Gasteiger partial charge in [-0.15, -0.1) is 0 Å². The van der Waals surface area contributed by atoms with Crippen molar-refractivity contribution in [3.05, 3.63) is 81.8 Å². The molecule has 1 heterocycles. The monoisotopic (exact) mass is 445 g/mol. The fourth-order valence-electron chi connectivity index (χ4n) is 2.76. The molecule has 0 bridgehead atoms. The fraction of sp³-hybridized carbons (Fsp3) is 0.150. The van der Waals surface area contributed by atoms with Gasteiger partial charge in [0.2, 0.25) is 0 Å². The van der Waals surface area contributed by atoms with Gasteiger partial charge < -0.3 is 10.1 Å². The third kappa shape index (κ3) is 3.96. The number of benzene rings is 2. The fourth-order valence-corrected chi connectivity index (χ4v) is 3.02. The van der Waals surface area contributed by atoms with E-state index >= 15 is 0 Å². The van der Waals surface area contributed by atoms with E-state index < -0.39 is 23.7 Å². The van der Waals surface area contributed by atoms with Crippen LogP contribution in [0.25, 0.3) is 5.69 Å². The van der Waals surface area contributed by atoms with Crippen LogP contribution in [-0.4, -0.2) is 28.8 Å². The first-order valence-corrected chi connectivity index (χ1v) is 9.15. The third-order valence-electron chi connectivity index (χ3n) is 4.25. The number of halogens is 2. The number of carbonyl (C=O) groups excluding carboxylic acids is 2. The SMILES string of the molecule is COC(=O)C(NC(=O)c1cnn(-c2ccccc2F)c1C)c1ccc(Br)cc1. The second-order valence-electron chi connectivity index (χ2n) is 5.99. The summed E-state index contributed by atoms with van der Waals surface area (Å²) in [4.78, 5) is 25.0. The molecule has 3 aromatic rings. The van der Waals surface area contributed by atoms with E-state index in [-0.39, 0.29) is 11.3 Å². The summed E-state index contributed by atoms with van der Waals surface area (Å²) in [6.45, 7) is 1.65. The molecule has 1 aromatic heterocycles. The van der Waals surface area contributed by atoms with Gasteiger partial charge in [-0.1, -0.05) is 40.2 Å². The van der Waals surface area contributed by atoms with Crippen LogP contribution in [0.4, 0.5) is 4.39 Å². The maximum absolute atomic E-state index is 14.1. The Labute approximate surface area is 169 Å². The van der Waals surface area contributed by atoms with E-state index in [4.69, 9.17) is 4.74 Å². The van der Waals surface area contributed by atoms with Crippen LogP contribution in [0.2, 0.25) is 0 Å². The lowest BCUT2D eigenvalue weighted by Gasteiger charge is -2.17. The second-order valence-corrected chi connectivity index (χ2v) is 6.90. The third-order valence-corrected chi connectivity index (χ3v) is 4.78. The number of rotatable bonds is 5. The minimum absolute atomic E-state index is 0.231. The molecule has 0 aliphatic carbocycles. The van der Waals surface area contributed by atoms with Crippen molar-refractivity contribution in [3.63, 3.8) is 0 Å². The molecule has 8 heteroatoms. The standard InChI is InChI=1S/C20H17BrFN3O3/c1-12-15(11-23-25(12)17-6-4-3-5-16(17)22)19(26)24-18(20(27)28-2)13-7-9-14(21)10-8-13/h3-11,18H,1-2H3,(H,24,26). The van der Waals surface area contributed by atoms with Crippen LogP contribution in [0.1, 0.15) is 27.7 Å². The van der Waals surface area contributed by atoms with Crippen molar-refractivity contribution in [2.75, 3.05) is 7.11 Å². The number of esters is 1. The summed E-state index contributed by atoms with van der Waals surface area (Å²) in [5, 5.41) is 6.78. The van der Waals surface area contributed by atoms with Gasteiger partial charge >= 0.3 is 5.97 Å². The van der Waals surface area contributed by atoms with E-state index in [1.165, 1.54) is 24.1 Å². The summed E-state index contributed by atoms with van der Waals surface area (Å²) >= 11 is 3.33. The zero-order chi connectivity index (χ0) is 20.3. The predicted octanol–water partition coefficient (Wildman–Crippen LogP) is 3.73. The Hall–Kier alpha value is -3.00. The molecular weight excluding hydrogens is 429 g/mol. The number of aromatic nitrogens is 2. The van der Waals surface area contributed by atoms with Crippen molar-refractivity contribution in [2.24, 2.45) is 0 Å². The lowest BCUT2D eigenvalue weighted by Crippen LogP contribution is -2.34. The van der Waals surface area contributed by atoms with Crippen molar-refractivity contribution in [1.29, 1.82) is 0 Å². The summed E-state index contributed by atoms with van der Waals surface area (Å²) in [5.74, 6) is -1.57. The number of hydrogen-bond acceptors (Lipinski definition) is 4. The Morgan fingerprint density at radius 2 is 1.86 bits per heavy atom. The number of hydrogen-bond donors (Lipinski definition) is 1. The minimum Gasteiger partial charge on any atom is -0.467 e. The second kappa shape index (κ2) is 8.35. The van der Waals surface area contributed by atoms with E-state index in [9.17, 15) is 14.0 Å². The van der Waals surface area contributed by atoms with Crippen LogP contribution < -0.4 is 5.32 Å². The van der Waals surface area contributed by atoms with E-state index in [2.05, 4.69) is 26.3 Å². The largest absolute Gasteiger partial charge is 0.467 e. The average molecular weight is 446 g/mol. The van der Waals surface area contributed by atoms with Crippen molar-refractivity contribution in [1.82, 2.24) is 15.1 Å². The van der Waals surface area contributed by atoms with Gasteiger partial charge in [0.1, 0.15) is 11.5 Å². The van der Waals surface area contributed by atoms with Crippen molar-refractivity contribution in [3.8, 4) is 5.69 Å². The Bertz CT molecular complexity index is 1020. The van der Waals surface area contributed by atoms with Gasteiger partial charge in [0.25, 0.3) is 5.91 Å². The van der Waals surface area contributed by atoms with Crippen LogP contribution in [0.3, 0.4) is 0 Å². The van der Waals surface area contributed by atoms with Gasteiger partial charge in [0.15, 0.2) is 6.04 Å². The number of methoxy groups -OCH3 is 1. The summed E-state index contributed by atoms with van der Waals surface area (Å²) in [6, 6.07) is 12.1. The number of amides is 1. The molecule has 28 heavy (non-hydrogen) atoms. The van der Waals surface area contributed by atoms with Crippen molar-refractivity contribution in [2.45, 2.75) is 13.0 Å². The van der Waals surface area contributed by atoms with E-state index in [1.807, 2.05) is 0 Å². The molecule has 0 aliphatic heterocycles. The highest BCUT2D eigenvalue weighted by Gasteiger charge is 2.26. The molecule has 0 spiro atoms. The molecule has 3 rings (SSSR count). The maximum atomic E-state index is 14.1.